The van der Waals surface area contributed by atoms with Crippen LogP contribution in [0, 0.1) is 17.0 Å². The second kappa shape index (κ2) is 5.16. The second-order valence-electron chi connectivity index (χ2n) is 6.43. The van der Waals surface area contributed by atoms with Gasteiger partial charge >= 0.3 is 0 Å². The van der Waals surface area contributed by atoms with Gasteiger partial charge in [-0.1, -0.05) is 26.0 Å². The fourth-order valence-electron chi connectivity index (χ4n) is 3.17. The van der Waals surface area contributed by atoms with E-state index in [0.29, 0.717) is 17.0 Å². The molecule has 0 spiro atoms. The van der Waals surface area contributed by atoms with Crippen molar-refractivity contribution in [3.8, 4) is 0 Å². The van der Waals surface area contributed by atoms with Gasteiger partial charge in [-0.15, -0.1) is 11.3 Å². The van der Waals surface area contributed by atoms with Crippen LogP contribution in [-0.2, 0) is 5.41 Å². The third-order valence-corrected chi connectivity index (χ3v) is 5.53. The number of hydrogen-bond donors (Lipinski definition) is 1. The number of rotatable bonds is 4. The van der Waals surface area contributed by atoms with Gasteiger partial charge < -0.3 is 5.32 Å². The molecule has 1 amide bonds. The minimum Gasteiger partial charge on any atom is -0.350 e. The van der Waals surface area contributed by atoms with Gasteiger partial charge in [0.1, 0.15) is 11.6 Å². The van der Waals surface area contributed by atoms with E-state index in [4.69, 9.17) is 0 Å². The van der Waals surface area contributed by atoms with Crippen LogP contribution >= 0.6 is 11.3 Å². The molecule has 116 valence electrons. The molecule has 2 nitrogen and oxygen atoms in total. The maximum atomic E-state index is 14.2. The Morgan fingerprint density at radius 1 is 1.32 bits per heavy atom. The summed E-state index contributed by atoms with van der Waals surface area (Å²) in [5.74, 6) is -1.28. The predicted molar refractivity (Wildman–Crippen MR) is 83.1 cm³/mol. The predicted octanol–water partition coefficient (Wildman–Crippen LogP) is 4.12. The molecule has 22 heavy (non-hydrogen) atoms. The SMILES string of the molecule is CC1(C)CC1(CNC(=O)c1cccs1)c1ccc(F)cc1F. The topological polar surface area (TPSA) is 29.1 Å². The molecule has 0 bridgehead atoms. The minimum atomic E-state index is -0.586. The number of benzene rings is 1. The van der Waals surface area contributed by atoms with Crippen molar-refractivity contribution >= 4 is 17.2 Å². The van der Waals surface area contributed by atoms with E-state index in [0.717, 1.165) is 12.5 Å². The first-order valence-electron chi connectivity index (χ1n) is 7.13. The van der Waals surface area contributed by atoms with Gasteiger partial charge in [0.25, 0.3) is 5.91 Å². The Morgan fingerprint density at radius 3 is 2.59 bits per heavy atom. The summed E-state index contributed by atoms with van der Waals surface area (Å²) in [6.45, 7) is 4.42. The van der Waals surface area contributed by atoms with Crippen molar-refractivity contribution in [2.75, 3.05) is 6.54 Å². The number of halogens is 2. The van der Waals surface area contributed by atoms with E-state index >= 15 is 0 Å². The van der Waals surface area contributed by atoms with Crippen molar-refractivity contribution in [3.63, 3.8) is 0 Å². The molecular weight excluding hydrogens is 304 g/mol. The summed E-state index contributed by atoms with van der Waals surface area (Å²) in [5, 5.41) is 4.73. The van der Waals surface area contributed by atoms with Crippen LogP contribution in [0.3, 0.4) is 0 Å². The van der Waals surface area contributed by atoms with Crippen LogP contribution < -0.4 is 5.32 Å². The van der Waals surface area contributed by atoms with Gasteiger partial charge in [0.2, 0.25) is 0 Å². The Morgan fingerprint density at radius 2 is 2.05 bits per heavy atom. The average Bonchev–Trinajstić information content (AvgIpc) is 2.81. The zero-order chi connectivity index (χ0) is 16.0. The summed E-state index contributed by atoms with van der Waals surface area (Å²) < 4.78 is 27.3. The van der Waals surface area contributed by atoms with Gasteiger partial charge in [0, 0.05) is 18.0 Å². The van der Waals surface area contributed by atoms with Gasteiger partial charge in [0.05, 0.1) is 4.88 Å². The van der Waals surface area contributed by atoms with Crippen molar-refractivity contribution in [2.24, 2.45) is 5.41 Å². The molecular formula is C17H17F2NOS. The van der Waals surface area contributed by atoms with E-state index in [-0.39, 0.29) is 11.3 Å². The Labute approximate surface area is 132 Å². The normalized spacial score (nSPS) is 22.4. The molecule has 1 fully saturated rings. The zero-order valence-electron chi connectivity index (χ0n) is 12.5. The molecule has 5 heteroatoms. The first kappa shape index (κ1) is 15.2. The highest BCUT2D eigenvalue weighted by molar-refractivity contribution is 7.12. The summed E-state index contributed by atoms with van der Waals surface area (Å²) in [4.78, 5) is 12.7. The van der Waals surface area contributed by atoms with Crippen LogP contribution in [0.25, 0.3) is 0 Å². The minimum absolute atomic E-state index is 0.131. The molecule has 1 aliphatic rings. The first-order valence-corrected chi connectivity index (χ1v) is 8.01. The van der Waals surface area contributed by atoms with Crippen LogP contribution in [0.15, 0.2) is 35.7 Å². The number of carbonyl (C=O) groups is 1. The number of nitrogens with one attached hydrogen (secondary N) is 1. The van der Waals surface area contributed by atoms with Crippen LogP contribution in [0.5, 0.6) is 0 Å². The van der Waals surface area contributed by atoms with Gasteiger partial charge in [-0.2, -0.15) is 0 Å². The summed E-state index contributed by atoms with van der Waals surface area (Å²) >= 11 is 1.37. The summed E-state index contributed by atoms with van der Waals surface area (Å²) in [6, 6.07) is 7.25. The van der Waals surface area contributed by atoms with Crippen LogP contribution in [-0.4, -0.2) is 12.5 Å². The van der Waals surface area contributed by atoms with Crippen molar-refractivity contribution in [2.45, 2.75) is 25.7 Å². The Balaban J connectivity index is 1.83. The van der Waals surface area contributed by atoms with E-state index in [2.05, 4.69) is 5.32 Å². The summed E-state index contributed by atoms with van der Waals surface area (Å²) in [6.07, 6.45) is 0.757. The quantitative estimate of drug-likeness (QED) is 0.901. The zero-order valence-corrected chi connectivity index (χ0v) is 13.3. The molecule has 1 aliphatic carbocycles. The molecule has 1 aromatic heterocycles. The van der Waals surface area contributed by atoms with Crippen LogP contribution in [0.4, 0.5) is 8.78 Å². The molecule has 1 aromatic carbocycles. The lowest BCUT2D eigenvalue weighted by Gasteiger charge is -2.22. The third kappa shape index (κ3) is 2.43. The molecule has 0 radical (unpaired) electrons. The first-order chi connectivity index (χ1) is 10.4. The number of thiophene rings is 1. The fourth-order valence-corrected chi connectivity index (χ4v) is 3.81. The number of amides is 1. The molecule has 1 heterocycles. The molecule has 1 atom stereocenters. The van der Waals surface area contributed by atoms with Gasteiger partial charge in [-0.3, -0.25) is 4.79 Å². The molecule has 1 saturated carbocycles. The van der Waals surface area contributed by atoms with Crippen molar-refractivity contribution in [1.29, 1.82) is 0 Å². The number of hydrogen-bond acceptors (Lipinski definition) is 2. The summed E-state index contributed by atoms with van der Waals surface area (Å²) in [7, 11) is 0. The van der Waals surface area contributed by atoms with E-state index in [1.807, 2.05) is 25.3 Å². The van der Waals surface area contributed by atoms with Gasteiger partial charge in [-0.05, 0) is 34.9 Å². The summed E-state index contributed by atoms with van der Waals surface area (Å²) in [5.41, 5.74) is -0.128. The van der Waals surface area contributed by atoms with Gasteiger partial charge in [0.15, 0.2) is 0 Å². The maximum absolute atomic E-state index is 14.2. The Kier molecular flexibility index (Phi) is 3.56. The second-order valence-corrected chi connectivity index (χ2v) is 7.37. The average molecular weight is 321 g/mol. The molecule has 3 rings (SSSR count). The van der Waals surface area contributed by atoms with Crippen molar-refractivity contribution in [3.05, 3.63) is 57.8 Å². The number of carbonyl (C=O) groups excluding carboxylic acids is 1. The van der Waals surface area contributed by atoms with Crippen molar-refractivity contribution in [1.82, 2.24) is 5.32 Å². The van der Waals surface area contributed by atoms with E-state index in [1.54, 1.807) is 6.07 Å². The standard InChI is InChI=1S/C17H17F2NOS/c1-16(2)9-17(16,12-6-5-11(18)8-13(12)19)10-20-15(21)14-4-3-7-22-14/h3-8H,9-10H2,1-2H3,(H,20,21). The van der Waals surface area contributed by atoms with E-state index in [1.165, 1.54) is 23.5 Å². The Hall–Kier alpha value is -1.75. The largest absolute Gasteiger partial charge is 0.350 e. The lowest BCUT2D eigenvalue weighted by molar-refractivity contribution is 0.0951. The molecule has 1 unspecified atom stereocenters. The molecule has 1 N–H and O–H groups in total. The highest BCUT2D eigenvalue weighted by atomic mass is 32.1. The fraction of sp³-hybridized carbons (Fsp3) is 0.353. The van der Waals surface area contributed by atoms with Crippen LogP contribution in [0.1, 0.15) is 35.5 Å². The van der Waals surface area contributed by atoms with E-state index in [9.17, 15) is 13.6 Å². The highest BCUT2D eigenvalue weighted by Gasteiger charge is 2.62. The lowest BCUT2D eigenvalue weighted by Crippen LogP contribution is -2.35. The van der Waals surface area contributed by atoms with Crippen molar-refractivity contribution < 1.29 is 13.6 Å². The lowest BCUT2D eigenvalue weighted by atomic mass is 9.87. The van der Waals surface area contributed by atoms with Crippen LogP contribution in [0.2, 0.25) is 0 Å². The maximum Gasteiger partial charge on any atom is 0.261 e. The smallest absolute Gasteiger partial charge is 0.261 e. The highest BCUT2D eigenvalue weighted by Crippen LogP contribution is 2.64. The molecule has 0 saturated heterocycles. The van der Waals surface area contributed by atoms with Gasteiger partial charge in [-0.25, -0.2) is 8.78 Å². The molecule has 2 aromatic rings. The monoisotopic (exact) mass is 321 g/mol. The Bertz CT molecular complexity index is 711. The van der Waals surface area contributed by atoms with E-state index < -0.39 is 17.0 Å². The molecule has 0 aliphatic heterocycles. The third-order valence-electron chi connectivity index (χ3n) is 4.66.